The number of benzene rings is 1. The zero-order valence-electron chi connectivity index (χ0n) is 11.4. The second-order valence-corrected chi connectivity index (χ2v) is 3.83. The molecule has 0 saturated carbocycles. The Balaban J connectivity index is 2.21. The van der Waals surface area contributed by atoms with E-state index in [2.05, 4.69) is 20.7 Å². The highest BCUT2D eigenvalue weighted by Gasteiger charge is 2.11. The summed E-state index contributed by atoms with van der Waals surface area (Å²) < 4.78 is 10.6. The number of aromatic nitrogens is 2. The molecule has 0 atom stereocenters. The molecule has 7 nitrogen and oxygen atoms in total. The second kappa shape index (κ2) is 6.58. The fourth-order valence-corrected chi connectivity index (χ4v) is 1.70. The van der Waals surface area contributed by atoms with Crippen molar-refractivity contribution in [2.75, 3.05) is 24.5 Å². The quantitative estimate of drug-likeness (QED) is 0.547. The van der Waals surface area contributed by atoms with Gasteiger partial charge in [0, 0.05) is 5.69 Å². The average Bonchev–Trinajstić information content (AvgIpc) is 2.49. The van der Waals surface area contributed by atoms with Gasteiger partial charge in [0.05, 0.1) is 13.7 Å². The molecule has 0 spiro atoms. The SMILES string of the molecule is CCOc1ccc(Nc2ncnc(NN)c2OC)cc1. The zero-order chi connectivity index (χ0) is 14.4. The van der Waals surface area contributed by atoms with Gasteiger partial charge in [-0.25, -0.2) is 15.8 Å². The van der Waals surface area contributed by atoms with Crippen molar-refractivity contribution in [1.82, 2.24) is 9.97 Å². The van der Waals surface area contributed by atoms with Crippen LogP contribution in [0.1, 0.15) is 6.92 Å². The lowest BCUT2D eigenvalue weighted by molar-refractivity contribution is 0.340. The minimum atomic E-state index is 0.413. The smallest absolute Gasteiger partial charge is 0.205 e. The van der Waals surface area contributed by atoms with Crippen molar-refractivity contribution >= 4 is 17.3 Å². The average molecular weight is 275 g/mol. The first-order chi connectivity index (χ1) is 9.78. The molecule has 2 aromatic rings. The van der Waals surface area contributed by atoms with E-state index in [1.807, 2.05) is 31.2 Å². The molecule has 2 rings (SSSR count). The number of nitrogens with zero attached hydrogens (tertiary/aromatic N) is 2. The molecule has 0 aliphatic carbocycles. The summed E-state index contributed by atoms with van der Waals surface area (Å²) in [7, 11) is 1.53. The van der Waals surface area contributed by atoms with Crippen molar-refractivity contribution in [1.29, 1.82) is 0 Å². The Bertz CT molecular complexity index is 559. The van der Waals surface area contributed by atoms with E-state index in [4.69, 9.17) is 15.3 Å². The van der Waals surface area contributed by atoms with Crippen LogP contribution >= 0.6 is 0 Å². The normalized spacial score (nSPS) is 9.95. The van der Waals surface area contributed by atoms with E-state index in [1.54, 1.807) is 0 Å². The van der Waals surface area contributed by atoms with Crippen LogP contribution in [0.3, 0.4) is 0 Å². The molecule has 4 N–H and O–H groups in total. The maximum absolute atomic E-state index is 5.39. The standard InChI is InChI=1S/C13H17N5O2/c1-3-20-10-6-4-9(5-7-10)17-12-11(19-2)13(18-14)16-8-15-12/h4-8H,3,14H2,1-2H3,(H2,15,16,17,18). The third kappa shape index (κ3) is 3.07. The van der Waals surface area contributed by atoms with Crippen LogP contribution < -0.4 is 26.1 Å². The molecule has 0 saturated heterocycles. The Morgan fingerprint density at radius 3 is 2.45 bits per heavy atom. The van der Waals surface area contributed by atoms with Crippen LogP contribution in [0.4, 0.5) is 17.3 Å². The number of ether oxygens (including phenoxy) is 2. The molecular formula is C13H17N5O2. The Kier molecular flexibility index (Phi) is 4.56. The van der Waals surface area contributed by atoms with Crippen LogP contribution in [0.5, 0.6) is 11.5 Å². The summed E-state index contributed by atoms with van der Waals surface area (Å²) in [5, 5.41) is 3.14. The van der Waals surface area contributed by atoms with Gasteiger partial charge in [0.1, 0.15) is 12.1 Å². The van der Waals surface area contributed by atoms with E-state index in [1.165, 1.54) is 13.4 Å². The molecule has 20 heavy (non-hydrogen) atoms. The first kappa shape index (κ1) is 13.9. The number of nitrogen functional groups attached to an aromatic ring is 1. The lowest BCUT2D eigenvalue weighted by Crippen LogP contribution is -2.11. The molecule has 0 fully saturated rings. The molecule has 0 amide bonds. The number of nitrogens with two attached hydrogens (primary N) is 1. The number of methoxy groups -OCH3 is 1. The predicted octanol–water partition coefficient (Wildman–Crippen LogP) is 1.91. The third-order valence-electron chi connectivity index (χ3n) is 2.57. The molecule has 0 unspecified atom stereocenters. The summed E-state index contributed by atoms with van der Waals surface area (Å²) in [5.74, 6) is 7.58. The highest BCUT2D eigenvalue weighted by molar-refractivity contribution is 5.69. The highest BCUT2D eigenvalue weighted by atomic mass is 16.5. The zero-order valence-corrected chi connectivity index (χ0v) is 11.4. The Labute approximate surface area is 117 Å². The summed E-state index contributed by atoms with van der Waals surface area (Å²) in [6.45, 7) is 2.58. The number of rotatable bonds is 6. The molecule has 0 aliphatic rings. The van der Waals surface area contributed by atoms with Gasteiger partial charge in [0.25, 0.3) is 0 Å². The summed E-state index contributed by atoms with van der Waals surface area (Å²) >= 11 is 0. The van der Waals surface area contributed by atoms with Gasteiger partial charge in [-0.3, -0.25) is 0 Å². The second-order valence-electron chi connectivity index (χ2n) is 3.83. The lowest BCUT2D eigenvalue weighted by atomic mass is 10.3. The van der Waals surface area contributed by atoms with Crippen LogP contribution in [0.2, 0.25) is 0 Å². The summed E-state index contributed by atoms with van der Waals surface area (Å²) in [5.41, 5.74) is 3.32. The molecule has 0 bridgehead atoms. The first-order valence-electron chi connectivity index (χ1n) is 6.14. The fraction of sp³-hybridized carbons (Fsp3) is 0.231. The molecular weight excluding hydrogens is 258 g/mol. The maximum Gasteiger partial charge on any atom is 0.205 e. The minimum absolute atomic E-state index is 0.413. The van der Waals surface area contributed by atoms with Crippen LogP contribution in [-0.2, 0) is 0 Å². The van der Waals surface area contributed by atoms with Crippen LogP contribution in [0.25, 0.3) is 0 Å². The number of hydrazine groups is 1. The number of anilines is 3. The van der Waals surface area contributed by atoms with Crippen LogP contribution in [0.15, 0.2) is 30.6 Å². The maximum atomic E-state index is 5.39. The largest absolute Gasteiger partial charge is 0.494 e. The van der Waals surface area contributed by atoms with E-state index >= 15 is 0 Å². The highest BCUT2D eigenvalue weighted by Crippen LogP contribution is 2.30. The monoisotopic (exact) mass is 275 g/mol. The van der Waals surface area contributed by atoms with Gasteiger partial charge < -0.3 is 20.2 Å². The topological polar surface area (TPSA) is 94.3 Å². The Morgan fingerprint density at radius 1 is 1.15 bits per heavy atom. The molecule has 1 heterocycles. The molecule has 0 aliphatic heterocycles. The fourth-order valence-electron chi connectivity index (χ4n) is 1.70. The van der Waals surface area contributed by atoms with Crippen molar-refractivity contribution in [3.8, 4) is 11.5 Å². The lowest BCUT2D eigenvalue weighted by Gasteiger charge is -2.12. The molecule has 1 aromatic carbocycles. The van der Waals surface area contributed by atoms with Crippen LogP contribution in [-0.4, -0.2) is 23.7 Å². The summed E-state index contributed by atoms with van der Waals surface area (Å²) in [4.78, 5) is 8.11. The molecule has 106 valence electrons. The summed E-state index contributed by atoms with van der Waals surface area (Å²) in [6.07, 6.45) is 1.40. The van der Waals surface area contributed by atoms with Crippen LogP contribution in [0, 0.1) is 0 Å². The van der Waals surface area contributed by atoms with Crippen molar-refractivity contribution in [2.24, 2.45) is 5.84 Å². The number of hydrogen-bond acceptors (Lipinski definition) is 7. The van der Waals surface area contributed by atoms with Gasteiger partial charge in [-0.1, -0.05) is 0 Å². The van der Waals surface area contributed by atoms with Gasteiger partial charge in [-0.2, -0.15) is 0 Å². The minimum Gasteiger partial charge on any atom is -0.494 e. The van der Waals surface area contributed by atoms with Gasteiger partial charge in [0.2, 0.25) is 5.75 Å². The first-order valence-corrected chi connectivity index (χ1v) is 6.14. The van der Waals surface area contributed by atoms with Crippen molar-refractivity contribution in [3.63, 3.8) is 0 Å². The van der Waals surface area contributed by atoms with E-state index in [9.17, 15) is 0 Å². The van der Waals surface area contributed by atoms with E-state index in [-0.39, 0.29) is 0 Å². The predicted molar refractivity (Wildman–Crippen MR) is 77.3 cm³/mol. The third-order valence-corrected chi connectivity index (χ3v) is 2.57. The van der Waals surface area contributed by atoms with Gasteiger partial charge >= 0.3 is 0 Å². The number of hydrogen-bond donors (Lipinski definition) is 3. The Hall–Kier alpha value is -2.54. The molecule has 0 radical (unpaired) electrons. The van der Waals surface area contributed by atoms with Gasteiger partial charge in [-0.05, 0) is 31.2 Å². The van der Waals surface area contributed by atoms with Gasteiger partial charge in [-0.15, -0.1) is 0 Å². The molecule has 1 aromatic heterocycles. The Morgan fingerprint density at radius 2 is 1.85 bits per heavy atom. The van der Waals surface area contributed by atoms with Gasteiger partial charge in [0.15, 0.2) is 11.6 Å². The van der Waals surface area contributed by atoms with Crippen molar-refractivity contribution in [3.05, 3.63) is 30.6 Å². The van der Waals surface area contributed by atoms with E-state index in [0.29, 0.717) is 24.0 Å². The van der Waals surface area contributed by atoms with Crippen molar-refractivity contribution in [2.45, 2.75) is 6.92 Å². The van der Waals surface area contributed by atoms with E-state index in [0.717, 1.165) is 11.4 Å². The molecule has 7 heteroatoms. The number of nitrogens with one attached hydrogen (secondary N) is 2. The van der Waals surface area contributed by atoms with Crippen molar-refractivity contribution < 1.29 is 9.47 Å². The summed E-state index contributed by atoms with van der Waals surface area (Å²) in [6, 6.07) is 7.54. The van der Waals surface area contributed by atoms with E-state index < -0.39 is 0 Å².